The summed E-state index contributed by atoms with van der Waals surface area (Å²) in [6, 6.07) is 5.30. The van der Waals surface area contributed by atoms with Crippen molar-refractivity contribution in [2.24, 2.45) is 5.41 Å². The lowest BCUT2D eigenvalue weighted by atomic mass is 9.85. The zero-order valence-corrected chi connectivity index (χ0v) is 9.78. The third-order valence-corrected chi connectivity index (χ3v) is 3.03. The molecular weight excluding hydrogens is 202 g/mol. The fraction of sp³-hybridized carbons (Fsp3) is 0.385. The van der Waals surface area contributed by atoms with Crippen LogP contribution in [0.1, 0.15) is 31.9 Å². The molecule has 3 nitrogen and oxygen atoms in total. The van der Waals surface area contributed by atoms with Gasteiger partial charge in [-0.15, -0.1) is 0 Å². The van der Waals surface area contributed by atoms with Gasteiger partial charge in [-0.3, -0.25) is 10.1 Å². The van der Waals surface area contributed by atoms with Crippen molar-refractivity contribution in [2.75, 3.05) is 0 Å². The van der Waals surface area contributed by atoms with Crippen molar-refractivity contribution in [1.29, 1.82) is 0 Å². The van der Waals surface area contributed by atoms with E-state index in [9.17, 15) is 10.1 Å². The number of nitro benzene ring substituents is 1. The van der Waals surface area contributed by atoms with E-state index >= 15 is 0 Å². The first kappa shape index (κ1) is 10.9. The summed E-state index contributed by atoms with van der Waals surface area (Å²) >= 11 is 0. The van der Waals surface area contributed by atoms with Crippen LogP contribution in [0, 0.1) is 15.5 Å². The Morgan fingerprint density at radius 1 is 1.31 bits per heavy atom. The fourth-order valence-corrected chi connectivity index (χ4v) is 1.99. The first-order valence-corrected chi connectivity index (χ1v) is 5.37. The van der Waals surface area contributed by atoms with Crippen molar-refractivity contribution in [2.45, 2.75) is 27.2 Å². The predicted octanol–water partition coefficient (Wildman–Crippen LogP) is 3.58. The summed E-state index contributed by atoms with van der Waals surface area (Å²) in [4.78, 5) is 10.6. The Balaban J connectivity index is 2.51. The summed E-state index contributed by atoms with van der Waals surface area (Å²) in [6.07, 6.45) is 2.81. The smallest absolute Gasteiger partial charge is 0.258 e. The number of fused-ring (bicyclic) bond motifs is 1. The molecular formula is C13H15NO2. The number of rotatable bonds is 1. The molecule has 0 amide bonds. The van der Waals surface area contributed by atoms with E-state index in [0.717, 1.165) is 17.5 Å². The van der Waals surface area contributed by atoms with Crippen molar-refractivity contribution in [3.8, 4) is 0 Å². The molecule has 0 fully saturated rings. The molecule has 0 heterocycles. The highest BCUT2D eigenvalue weighted by Crippen LogP contribution is 2.39. The summed E-state index contributed by atoms with van der Waals surface area (Å²) in [5, 5.41) is 10.9. The van der Waals surface area contributed by atoms with Crippen LogP contribution in [0.15, 0.2) is 23.8 Å². The maximum atomic E-state index is 10.9. The van der Waals surface area contributed by atoms with Gasteiger partial charge >= 0.3 is 0 Å². The maximum absolute atomic E-state index is 10.9. The molecule has 3 heteroatoms. The summed E-state index contributed by atoms with van der Waals surface area (Å²) in [7, 11) is 0. The van der Waals surface area contributed by atoms with E-state index in [-0.39, 0.29) is 16.0 Å². The number of nitro groups is 1. The van der Waals surface area contributed by atoms with E-state index in [2.05, 4.69) is 20.8 Å². The van der Waals surface area contributed by atoms with Gasteiger partial charge in [-0.25, -0.2) is 0 Å². The summed E-state index contributed by atoms with van der Waals surface area (Å²) < 4.78 is 0. The number of allylic oxidation sites excluding steroid dienone is 1. The van der Waals surface area contributed by atoms with Gasteiger partial charge in [-0.2, -0.15) is 0 Å². The largest absolute Gasteiger partial charge is 0.276 e. The minimum atomic E-state index is -0.305. The molecule has 0 saturated carbocycles. The van der Waals surface area contributed by atoms with Crippen molar-refractivity contribution in [1.82, 2.24) is 0 Å². The molecule has 0 unspecified atom stereocenters. The van der Waals surface area contributed by atoms with Crippen molar-refractivity contribution in [3.05, 3.63) is 45.0 Å². The molecule has 0 spiro atoms. The van der Waals surface area contributed by atoms with Gasteiger partial charge in [0.1, 0.15) is 0 Å². The molecule has 1 aromatic rings. The second-order valence-corrected chi connectivity index (χ2v) is 5.20. The zero-order chi connectivity index (χ0) is 11.9. The monoisotopic (exact) mass is 217 g/mol. The fourth-order valence-electron chi connectivity index (χ4n) is 1.99. The van der Waals surface area contributed by atoms with Crippen molar-refractivity contribution < 1.29 is 4.92 Å². The lowest BCUT2D eigenvalue weighted by molar-refractivity contribution is -0.385. The van der Waals surface area contributed by atoms with Crippen LogP contribution in [0.3, 0.4) is 0 Å². The van der Waals surface area contributed by atoms with Gasteiger partial charge < -0.3 is 0 Å². The third kappa shape index (κ3) is 1.73. The molecule has 0 radical (unpaired) electrons. The van der Waals surface area contributed by atoms with Gasteiger partial charge in [0.15, 0.2) is 0 Å². The molecule has 0 saturated heterocycles. The first-order chi connectivity index (χ1) is 7.39. The van der Waals surface area contributed by atoms with E-state index in [0.29, 0.717) is 0 Å². The van der Waals surface area contributed by atoms with Gasteiger partial charge in [0.05, 0.1) is 10.5 Å². The summed E-state index contributed by atoms with van der Waals surface area (Å²) in [5.74, 6) is 0. The lowest BCUT2D eigenvalue weighted by Crippen LogP contribution is -2.08. The lowest BCUT2D eigenvalue weighted by Gasteiger charge is -2.19. The number of benzene rings is 1. The molecule has 0 N–H and O–H groups in total. The predicted molar refractivity (Wildman–Crippen MR) is 64.2 cm³/mol. The number of hydrogen-bond acceptors (Lipinski definition) is 2. The summed E-state index contributed by atoms with van der Waals surface area (Å²) in [5.41, 5.74) is 3.41. The van der Waals surface area contributed by atoms with E-state index in [1.54, 1.807) is 12.1 Å². The SMILES string of the molecule is CC(C)(C)C1=Cc2c(cccc2[N+](=O)[O-])C1. The molecule has 1 aromatic carbocycles. The van der Waals surface area contributed by atoms with Gasteiger partial charge in [0, 0.05) is 6.07 Å². The Hall–Kier alpha value is -1.64. The first-order valence-electron chi connectivity index (χ1n) is 5.37. The average molecular weight is 217 g/mol. The van der Waals surface area contributed by atoms with Crippen LogP contribution in [0.4, 0.5) is 5.69 Å². The van der Waals surface area contributed by atoms with Crippen LogP contribution in [-0.2, 0) is 6.42 Å². The van der Waals surface area contributed by atoms with Crippen LogP contribution >= 0.6 is 0 Å². The van der Waals surface area contributed by atoms with E-state index in [4.69, 9.17) is 0 Å². The normalized spacial score (nSPS) is 14.6. The van der Waals surface area contributed by atoms with E-state index in [1.807, 2.05) is 12.1 Å². The van der Waals surface area contributed by atoms with Crippen LogP contribution in [-0.4, -0.2) is 4.92 Å². The van der Waals surface area contributed by atoms with Crippen LogP contribution in [0.25, 0.3) is 6.08 Å². The van der Waals surface area contributed by atoms with Gasteiger partial charge in [-0.05, 0) is 23.5 Å². The van der Waals surface area contributed by atoms with Gasteiger partial charge in [0.25, 0.3) is 5.69 Å². The second kappa shape index (κ2) is 3.44. The standard InChI is InChI=1S/C13H15NO2/c1-13(2,3)10-7-9-5-4-6-12(14(15)16)11(9)8-10/h4-6,8H,7H2,1-3H3. The van der Waals surface area contributed by atoms with Crippen molar-refractivity contribution in [3.63, 3.8) is 0 Å². The molecule has 1 aliphatic carbocycles. The van der Waals surface area contributed by atoms with Crippen LogP contribution in [0.5, 0.6) is 0 Å². The van der Waals surface area contributed by atoms with Crippen LogP contribution in [0.2, 0.25) is 0 Å². The summed E-state index contributed by atoms with van der Waals surface area (Å²) in [6.45, 7) is 6.41. The maximum Gasteiger partial charge on any atom is 0.276 e. The quantitative estimate of drug-likeness (QED) is 0.533. The molecule has 0 aromatic heterocycles. The molecule has 16 heavy (non-hydrogen) atoms. The Morgan fingerprint density at radius 3 is 2.56 bits per heavy atom. The molecule has 0 atom stereocenters. The Bertz CT molecular complexity index is 481. The Kier molecular flexibility index (Phi) is 2.34. The molecule has 2 rings (SSSR count). The second-order valence-electron chi connectivity index (χ2n) is 5.20. The number of nitrogens with zero attached hydrogens (tertiary/aromatic N) is 1. The van der Waals surface area contributed by atoms with Crippen molar-refractivity contribution >= 4 is 11.8 Å². The minimum absolute atomic E-state index is 0.0763. The molecule has 0 aliphatic heterocycles. The van der Waals surface area contributed by atoms with Crippen LogP contribution < -0.4 is 0 Å². The van der Waals surface area contributed by atoms with E-state index < -0.39 is 0 Å². The molecule has 1 aliphatic rings. The third-order valence-electron chi connectivity index (χ3n) is 3.03. The van der Waals surface area contributed by atoms with E-state index in [1.165, 1.54) is 5.57 Å². The zero-order valence-electron chi connectivity index (χ0n) is 9.78. The average Bonchev–Trinajstić information content (AvgIpc) is 2.59. The Morgan fingerprint density at radius 2 is 2.00 bits per heavy atom. The topological polar surface area (TPSA) is 43.1 Å². The number of hydrogen-bond donors (Lipinski definition) is 0. The minimum Gasteiger partial charge on any atom is -0.258 e. The highest BCUT2D eigenvalue weighted by atomic mass is 16.6. The highest BCUT2D eigenvalue weighted by molar-refractivity contribution is 5.72. The molecule has 84 valence electrons. The molecule has 0 bridgehead atoms. The Labute approximate surface area is 94.9 Å². The van der Waals surface area contributed by atoms with Gasteiger partial charge in [0.2, 0.25) is 0 Å². The highest BCUT2D eigenvalue weighted by Gasteiger charge is 2.27. The van der Waals surface area contributed by atoms with Gasteiger partial charge in [-0.1, -0.05) is 38.5 Å².